The lowest BCUT2D eigenvalue weighted by Gasteiger charge is -2.12. The smallest absolute Gasteiger partial charge is 0.225 e. The second-order valence-electron chi connectivity index (χ2n) is 6.60. The van der Waals surface area contributed by atoms with E-state index in [2.05, 4.69) is 41.3 Å². The molecule has 0 unspecified atom stereocenters. The summed E-state index contributed by atoms with van der Waals surface area (Å²) < 4.78 is 10.2. The molecule has 0 bridgehead atoms. The molecule has 3 heterocycles. The van der Waals surface area contributed by atoms with Gasteiger partial charge in [-0.05, 0) is 43.4 Å². The first-order valence-electron chi connectivity index (χ1n) is 8.34. The van der Waals surface area contributed by atoms with Gasteiger partial charge in [0.15, 0.2) is 11.2 Å². The fraction of sp³-hybridized carbons (Fsp3) is 0.375. The lowest BCUT2D eigenvalue weighted by molar-refractivity contribution is 0.602. The molecule has 1 aliphatic carbocycles. The van der Waals surface area contributed by atoms with Gasteiger partial charge in [0.25, 0.3) is 0 Å². The molecule has 1 fully saturated rings. The van der Waals surface area contributed by atoms with Gasteiger partial charge in [-0.25, -0.2) is 4.98 Å². The van der Waals surface area contributed by atoms with Gasteiger partial charge < -0.3 is 5.32 Å². The first-order chi connectivity index (χ1) is 12.3. The quantitative estimate of drug-likeness (QED) is 0.606. The van der Waals surface area contributed by atoms with Crippen LogP contribution in [-0.2, 0) is 0 Å². The number of fused-ring (bicyclic) bond motifs is 2. The Morgan fingerprint density at radius 2 is 2.08 bits per heavy atom. The summed E-state index contributed by atoms with van der Waals surface area (Å²) in [5.41, 5.74) is 3.94. The molecule has 9 heteroatoms. The molecule has 3 aromatic heterocycles. The molecule has 2 atom stereocenters. The molecule has 4 aromatic rings. The number of benzene rings is 1. The highest BCUT2D eigenvalue weighted by molar-refractivity contribution is 7.00. The van der Waals surface area contributed by atoms with Crippen molar-refractivity contribution in [2.75, 3.05) is 5.32 Å². The summed E-state index contributed by atoms with van der Waals surface area (Å²) in [7, 11) is 0. The van der Waals surface area contributed by atoms with Crippen LogP contribution in [0.3, 0.4) is 0 Å². The van der Waals surface area contributed by atoms with Gasteiger partial charge in [-0.2, -0.15) is 18.4 Å². The van der Waals surface area contributed by atoms with E-state index in [0.29, 0.717) is 23.2 Å². The Balaban J connectivity index is 1.53. The van der Waals surface area contributed by atoms with Crippen LogP contribution < -0.4 is 5.32 Å². The molecular formula is C16H16N8S. The SMILES string of the molecule is C[C@H]1CC[C@@H](Nc2ncc3nnn(-c4ccc5nsnc5c4)c3n2)C1. The topological polar surface area (TPSA) is 94.3 Å². The van der Waals surface area contributed by atoms with Crippen molar-refractivity contribution in [1.82, 2.24) is 33.7 Å². The maximum atomic E-state index is 4.65. The molecule has 25 heavy (non-hydrogen) atoms. The van der Waals surface area contributed by atoms with E-state index in [9.17, 15) is 0 Å². The predicted molar refractivity (Wildman–Crippen MR) is 95.9 cm³/mol. The molecule has 0 spiro atoms. The summed E-state index contributed by atoms with van der Waals surface area (Å²) in [6.45, 7) is 2.29. The van der Waals surface area contributed by atoms with E-state index >= 15 is 0 Å². The minimum Gasteiger partial charge on any atom is -0.351 e. The molecule has 0 radical (unpaired) electrons. The molecule has 1 aliphatic rings. The number of nitrogens with one attached hydrogen (secondary N) is 1. The van der Waals surface area contributed by atoms with Gasteiger partial charge in [0, 0.05) is 6.04 Å². The van der Waals surface area contributed by atoms with E-state index in [1.165, 1.54) is 18.1 Å². The maximum absolute atomic E-state index is 4.65. The van der Waals surface area contributed by atoms with Crippen molar-refractivity contribution < 1.29 is 0 Å². The largest absolute Gasteiger partial charge is 0.351 e. The van der Waals surface area contributed by atoms with Crippen molar-refractivity contribution in [2.24, 2.45) is 5.92 Å². The summed E-state index contributed by atoms with van der Waals surface area (Å²) >= 11 is 1.20. The summed E-state index contributed by atoms with van der Waals surface area (Å²) in [6, 6.07) is 6.27. The van der Waals surface area contributed by atoms with Crippen LogP contribution in [0.1, 0.15) is 26.2 Å². The zero-order chi connectivity index (χ0) is 16.8. The zero-order valence-electron chi connectivity index (χ0n) is 13.6. The van der Waals surface area contributed by atoms with Crippen molar-refractivity contribution in [3.8, 4) is 5.69 Å². The minimum absolute atomic E-state index is 0.439. The molecule has 126 valence electrons. The van der Waals surface area contributed by atoms with Gasteiger partial charge in [-0.15, -0.1) is 5.10 Å². The second-order valence-corrected chi connectivity index (χ2v) is 7.13. The molecule has 0 saturated heterocycles. The number of aromatic nitrogens is 7. The van der Waals surface area contributed by atoms with Gasteiger partial charge in [-0.3, -0.25) is 0 Å². The Bertz CT molecular complexity index is 1050. The normalized spacial score (nSPS) is 20.5. The van der Waals surface area contributed by atoms with Crippen LogP contribution >= 0.6 is 11.7 Å². The van der Waals surface area contributed by atoms with Crippen LogP contribution in [0.15, 0.2) is 24.4 Å². The van der Waals surface area contributed by atoms with Crippen LogP contribution in [0.2, 0.25) is 0 Å². The van der Waals surface area contributed by atoms with Gasteiger partial charge in [0.05, 0.1) is 23.6 Å². The van der Waals surface area contributed by atoms with E-state index in [1.54, 1.807) is 10.9 Å². The first-order valence-corrected chi connectivity index (χ1v) is 9.07. The third kappa shape index (κ3) is 2.60. The van der Waals surface area contributed by atoms with Crippen molar-refractivity contribution in [1.29, 1.82) is 0 Å². The van der Waals surface area contributed by atoms with Crippen molar-refractivity contribution in [2.45, 2.75) is 32.2 Å². The highest BCUT2D eigenvalue weighted by Gasteiger charge is 2.22. The molecule has 0 aliphatic heterocycles. The van der Waals surface area contributed by atoms with Crippen LogP contribution in [0, 0.1) is 5.92 Å². The van der Waals surface area contributed by atoms with Crippen LogP contribution in [-0.4, -0.2) is 39.8 Å². The molecule has 1 aromatic carbocycles. The van der Waals surface area contributed by atoms with Crippen LogP contribution in [0.4, 0.5) is 5.95 Å². The fourth-order valence-electron chi connectivity index (χ4n) is 3.39. The summed E-state index contributed by atoms with van der Waals surface area (Å²) in [5.74, 6) is 1.39. The van der Waals surface area contributed by atoms with Crippen LogP contribution in [0.25, 0.3) is 27.9 Å². The van der Waals surface area contributed by atoms with Gasteiger partial charge in [0.1, 0.15) is 11.0 Å². The fourth-order valence-corrected chi connectivity index (χ4v) is 3.91. The average molecular weight is 352 g/mol. The Morgan fingerprint density at radius 3 is 2.96 bits per heavy atom. The van der Waals surface area contributed by atoms with E-state index in [0.717, 1.165) is 35.5 Å². The predicted octanol–water partition coefficient (Wildman–Crippen LogP) is 2.82. The molecule has 5 rings (SSSR count). The summed E-state index contributed by atoms with van der Waals surface area (Å²) in [6.07, 6.45) is 5.29. The highest BCUT2D eigenvalue weighted by atomic mass is 32.1. The Kier molecular flexibility index (Phi) is 3.34. The zero-order valence-corrected chi connectivity index (χ0v) is 14.4. The van der Waals surface area contributed by atoms with E-state index in [1.807, 2.05) is 18.2 Å². The van der Waals surface area contributed by atoms with Crippen molar-refractivity contribution >= 4 is 39.9 Å². The third-order valence-electron chi connectivity index (χ3n) is 4.70. The molecule has 8 nitrogen and oxygen atoms in total. The second kappa shape index (κ2) is 5.69. The Morgan fingerprint density at radius 1 is 1.16 bits per heavy atom. The molecular weight excluding hydrogens is 336 g/mol. The molecule has 1 N–H and O–H groups in total. The van der Waals surface area contributed by atoms with Gasteiger partial charge in [-0.1, -0.05) is 12.1 Å². The number of rotatable bonds is 3. The van der Waals surface area contributed by atoms with Gasteiger partial charge in [0.2, 0.25) is 5.95 Å². The lowest BCUT2D eigenvalue weighted by Crippen LogP contribution is -2.17. The summed E-state index contributed by atoms with van der Waals surface area (Å²) in [4.78, 5) is 9.04. The Labute approximate surface area is 147 Å². The monoisotopic (exact) mass is 352 g/mol. The summed E-state index contributed by atoms with van der Waals surface area (Å²) in [5, 5.41) is 11.9. The number of hydrogen-bond donors (Lipinski definition) is 1. The standard InChI is InChI=1S/C16H16N8S/c1-9-2-3-10(6-9)18-16-17-8-14-15(19-16)24(23-20-14)11-4-5-12-13(7-11)22-25-21-12/h4-5,7-10H,2-3,6H2,1H3,(H,17,18,19)/t9-,10+/m0/s1. The molecule has 0 amide bonds. The van der Waals surface area contributed by atoms with Crippen LogP contribution in [0.5, 0.6) is 0 Å². The van der Waals surface area contributed by atoms with E-state index in [4.69, 9.17) is 0 Å². The van der Waals surface area contributed by atoms with Gasteiger partial charge >= 0.3 is 0 Å². The highest BCUT2D eigenvalue weighted by Crippen LogP contribution is 2.27. The van der Waals surface area contributed by atoms with E-state index in [-0.39, 0.29) is 0 Å². The third-order valence-corrected chi connectivity index (χ3v) is 5.26. The Hall–Kier alpha value is -2.68. The number of nitrogens with zero attached hydrogens (tertiary/aromatic N) is 7. The number of anilines is 1. The lowest BCUT2D eigenvalue weighted by atomic mass is 10.1. The first kappa shape index (κ1) is 14.6. The van der Waals surface area contributed by atoms with E-state index < -0.39 is 0 Å². The molecule has 1 saturated carbocycles. The van der Waals surface area contributed by atoms with Crippen molar-refractivity contribution in [3.05, 3.63) is 24.4 Å². The van der Waals surface area contributed by atoms with Crippen molar-refractivity contribution in [3.63, 3.8) is 0 Å². The minimum atomic E-state index is 0.439. The maximum Gasteiger partial charge on any atom is 0.225 e. The number of hydrogen-bond acceptors (Lipinski definition) is 8. The average Bonchev–Trinajstić information content (AvgIpc) is 3.33.